The van der Waals surface area contributed by atoms with Crippen LogP contribution in [0.2, 0.25) is 0 Å². The number of hydrogen-bond donors (Lipinski definition) is 5. The molecule has 0 amide bonds. The molecule has 1 aromatic carbocycles. The number of hydrogen-bond acceptors (Lipinski definition) is 6. The van der Waals surface area contributed by atoms with Crippen LogP contribution in [0.5, 0.6) is 11.5 Å². The van der Waals surface area contributed by atoms with Gasteiger partial charge in [0, 0.05) is 16.8 Å². The number of ether oxygens (including phenoxy) is 1. The molecule has 9 heteroatoms. The van der Waals surface area contributed by atoms with Crippen LogP contribution in [0.4, 0.5) is 11.6 Å². The van der Waals surface area contributed by atoms with E-state index in [0.29, 0.717) is 28.3 Å². The zero-order valence-electron chi connectivity index (χ0n) is 13.4. The molecule has 0 bridgehead atoms. The molecule has 1 atom stereocenters. The van der Waals surface area contributed by atoms with Gasteiger partial charge in [-0.05, 0) is 13.0 Å². The summed E-state index contributed by atoms with van der Waals surface area (Å²) in [6.45, 7) is 1.82. The lowest BCUT2D eigenvalue weighted by atomic mass is 9.83. The smallest absolute Gasteiger partial charge is 0.327 e. The zero-order chi connectivity index (χ0) is 17.7. The number of benzene rings is 1. The first-order valence-corrected chi connectivity index (χ1v) is 7.55. The number of nitrogens with zero attached hydrogens (tertiary/aromatic N) is 1. The van der Waals surface area contributed by atoms with Gasteiger partial charge in [-0.3, -0.25) is 19.9 Å². The maximum absolute atomic E-state index is 12.5. The van der Waals surface area contributed by atoms with Crippen LogP contribution in [0.1, 0.15) is 28.3 Å². The summed E-state index contributed by atoms with van der Waals surface area (Å²) in [5.41, 5.74) is 1.07. The average molecular weight is 341 g/mol. The van der Waals surface area contributed by atoms with Crippen molar-refractivity contribution in [3.8, 4) is 11.5 Å². The lowest BCUT2D eigenvalue weighted by Crippen LogP contribution is -2.31. The Morgan fingerprint density at radius 3 is 2.76 bits per heavy atom. The van der Waals surface area contributed by atoms with Crippen LogP contribution in [0.25, 0.3) is 0 Å². The van der Waals surface area contributed by atoms with Gasteiger partial charge in [0.2, 0.25) is 0 Å². The fraction of sp³-hybridized carbons (Fsp3) is 0.188. The Kier molecular flexibility index (Phi) is 3.17. The summed E-state index contributed by atoms with van der Waals surface area (Å²) in [5, 5.41) is 20.6. The van der Waals surface area contributed by atoms with E-state index < -0.39 is 17.2 Å². The monoisotopic (exact) mass is 341 g/mol. The fourth-order valence-electron chi connectivity index (χ4n) is 3.27. The van der Waals surface area contributed by atoms with Crippen molar-refractivity contribution < 1.29 is 9.84 Å². The van der Waals surface area contributed by atoms with Crippen molar-refractivity contribution in [1.29, 1.82) is 0 Å². The maximum Gasteiger partial charge on any atom is 0.327 e. The molecule has 0 radical (unpaired) electrons. The summed E-state index contributed by atoms with van der Waals surface area (Å²) in [6.07, 6.45) is 0. The number of aromatic amines is 3. The number of aromatic nitrogens is 4. The zero-order valence-corrected chi connectivity index (χ0v) is 13.4. The van der Waals surface area contributed by atoms with Crippen LogP contribution >= 0.6 is 0 Å². The largest absolute Gasteiger partial charge is 0.504 e. The van der Waals surface area contributed by atoms with Crippen LogP contribution in [0.15, 0.2) is 27.8 Å². The average Bonchev–Trinajstić information content (AvgIpc) is 2.94. The second kappa shape index (κ2) is 5.26. The minimum Gasteiger partial charge on any atom is -0.504 e. The number of nitrogens with one attached hydrogen (secondary N) is 4. The van der Waals surface area contributed by atoms with Gasteiger partial charge < -0.3 is 15.2 Å². The van der Waals surface area contributed by atoms with Gasteiger partial charge >= 0.3 is 5.69 Å². The Bertz CT molecular complexity index is 1090. The third-order valence-electron chi connectivity index (χ3n) is 4.36. The van der Waals surface area contributed by atoms with Gasteiger partial charge in [0.05, 0.1) is 18.6 Å². The summed E-state index contributed by atoms with van der Waals surface area (Å²) in [5.74, 6) is 0.334. The lowest BCUT2D eigenvalue weighted by Gasteiger charge is -2.26. The molecule has 0 spiro atoms. The first kappa shape index (κ1) is 15.1. The number of H-pyrrole nitrogens is 3. The predicted molar refractivity (Wildman–Crippen MR) is 89.9 cm³/mol. The van der Waals surface area contributed by atoms with Crippen molar-refractivity contribution in [1.82, 2.24) is 20.2 Å². The SMILES string of the molecule is COc1cccc([C@H]2c3c(n[nH]c3C)Nc3[nH]c(=O)[nH]c(=O)c32)c1O. The van der Waals surface area contributed by atoms with Crippen LogP contribution in [0, 0.1) is 6.92 Å². The van der Waals surface area contributed by atoms with Crippen LogP contribution in [-0.2, 0) is 0 Å². The molecule has 3 aromatic rings. The predicted octanol–water partition coefficient (Wildman–Crippen LogP) is 1.05. The standard InChI is InChI=1S/C16H15N5O4/c1-6-9-10(7-4-3-5-8(25-2)12(7)22)11-13(17-14(9)21-20-6)18-16(24)19-15(11)23/h3-5,10,22H,1-2H3,(H4,17,18,19,20,21,23,24)/t10-/m0/s1. The number of para-hydroxylation sites is 1. The quantitative estimate of drug-likeness (QED) is 0.370. The first-order valence-electron chi connectivity index (χ1n) is 7.55. The number of phenolic OH excluding ortho intramolecular Hbond substituents is 1. The Balaban J connectivity index is 2.08. The second-order valence-electron chi connectivity index (χ2n) is 5.76. The highest BCUT2D eigenvalue weighted by Gasteiger charge is 2.35. The minimum atomic E-state index is -0.624. The Morgan fingerprint density at radius 1 is 1.20 bits per heavy atom. The van der Waals surface area contributed by atoms with E-state index in [4.69, 9.17) is 4.74 Å². The first-order chi connectivity index (χ1) is 12.0. The molecule has 0 aliphatic carbocycles. The fourth-order valence-corrected chi connectivity index (χ4v) is 3.27. The molecule has 2 aromatic heterocycles. The maximum atomic E-state index is 12.5. The van der Waals surface area contributed by atoms with Gasteiger partial charge in [0.25, 0.3) is 5.56 Å². The van der Waals surface area contributed by atoms with Crippen molar-refractivity contribution in [2.75, 3.05) is 12.4 Å². The Labute approximate surface area is 140 Å². The molecule has 128 valence electrons. The van der Waals surface area contributed by atoms with Crippen LogP contribution in [0.3, 0.4) is 0 Å². The molecule has 5 N–H and O–H groups in total. The molecule has 0 fully saturated rings. The number of rotatable bonds is 2. The van der Waals surface area contributed by atoms with Gasteiger partial charge in [-0.15, -0.1) is 0 Å². The number of aromatic hydroxyl groups is 1. The Hall–Kier alpha value is -3.49. The molecule has 1 aliphatic heterocycles. The van der Waals surface area contributed by atoms with E-state index in [1.807, 2.05) is 6.92 Å². The molecule has 3 heterocycles. The van der Waals surface area contributed by atoms with Crippen molar-refractivity contribution in [2.24, 2.45) is 0 Å². The van der Waals surface area contributed by atoms with Crippen molar-refractivity contribution in [3.63, 3.8) is 0 Å². The molecule has 0 saturated heterocycles. The van der Waals surface area contributed by atoms with Gasteiger partial charge in [0.15, 0.2) is 17.3 Å². The van der Waals surface area contributed by atoms with E-state index in [-0.39, 0.29) is 11.6 Å². The van der Waals surface area contributed by atoms with Crippen molar-refractivity contribution in [3.05, 3.63) is 61.4 Å². The van der Waals surface area contributed by atoms with E-state index in [0.717, 1.165) is 5.69 Å². The molecular weight excluding hydrogens is 326 g/mol. The third-order valence-corrected chi connectivity index (χ3v) is 4.36. The Morgan fingerprint density at radius 2 is 2.00 bits per heavy atom. The van der Waals surface area contributed by atoms with Crippen LogP contribution in [-0.4, -0.2) is 32.4 Å². The minimum absolute atomic E-state index is 0.0694. The number of methoxy groups -OCH3 is 1. The van der Waals surface area contributed by atoms with E-state index in [9.17, 15) is 14.7 Å². The van der Waals surface area contributed by atoms with Gasteiger partial charge in [0.1, 0.15) is 5.82 Å². The highest BCUT2D eigenvalue weighted by molar-refractivity contribution is 5.72. The number of anilines is 2. The highest BCUT2D eigenvalue weighted by atomic mass is 16.5. The van der Waals surface area contributed by atoms with E-state index >= 15 is 0 Å². The summed E-state index contributed by atoms with van der Waals surface area (Å²) in [6, 6.07) is 5.06. The van der Waals surface area contributed by atoms with E-state index in [1.54, 1.807) is 18.2 Å². The van der Waals surface area contributed by atoms with E-state index in [1.165, 1.54) is 7.11 Å². The van der Waals surface area contributed by atoms with Gasteiger partial charge in [-0.25, -0.2) is 4.79 Å². The summed E-state index contributed by atoms with van der Waals surface area (Å²) >= 11 is 0. The van der Waals surface area contributed by atoms with E-state index in [2.05, 4.69) is 25.5 Å². The third kappa shape index (κ3) is 2.12. The molecule has 9 nitrogen and oxygen atoms in total. The molecule has 4 rings (SSSR count). The topological polar surface area (TPSA) is 136 Å². The number of phenols is 1. The highest BCUT2D eigenvalue weighted by Crippen LogP contribution is 2.47. The molecule has 0 saturated carbocycles. The summed E-state index contributed by atoms with van der Waals surface area (Å²) < 4.78 is 5.18. The second-order valence-corrected chi connectivity index (χ2v) is 5.76. The van der Waals surface area contributed by atoms with Crippen molar-refractivity contribution >= 4 is 11.6 Å². The molecule has 0 unspecified atom stereocenters. The normalized spacial score (nSPS) is 15.2. The summed E-state index contributed by atoms with van der Waals surface area (Å²) in [7, 11) is 1.45. The molecular formula is C16H15N5O4. The number of aryl methyl sites for hydroxylation is 1. The molecule has 25 heavy (non-hydrogen) atoms. The molecule has 1 aliphatic rings. The number of fused-ring (bicyclic) bond motifs is 2. The van der Waals surface area contributed by atoms with Crippen molar-refractivity contribution in [2.45, 2.75) is 12.8 Å². The van der Waals surface area contributed by atoms with Gasteiger partial charge in [-0.1, -0.05) is 12.1 Å². The lowest BCUT2D eigenvalue weighted by molar-refractivity contribution is 0.370. The van der Waals surface area contributed by atoms with Gasteiger partial charge in [-0.2, -0.15) is 5.10 Å². The summed E-state index contributed by atoms with van der Waals surface area (Å²) in [4.78, 5) is 29.0. The van der Waals surface area contributed by atoms with Crippen LogP contribution < -0.4 is 21.3 Å².